The zero-order chi connectivity index (χ0) is 22.0. The molecule has 0 fully saturated rings. The molecule has 0 atom stereocenters. The normalized spacial score (nSPS) is 11.6. The number of nitrogens with zero attached hydrogens (tertiary/aromatic N) is 2. The van der Waals surface area contributed by atoms with Gasteiger partial charge in [-0.3, -0.25) is 9.36 Å². The fourth-order valence-electron chi connectivity index (χ4n) is 3.36. The minimum absolute atomic E-state index is 0.138. The minimum atomic E-state index is -4.67. The first-order chi connectivity index (χ1) is 14.8. The second-order valence-electron chi connectivity index (χ2n) is 7.01. The van der Waals surface area contributed by atoms with Crippen LogP contribution in [0, 0.1) is 0 Å². The van der Waals surface area contributed by atoms with E-state index < -0.39 is 12.0 Å². The maximum Gasteiger partial charge on any atom is 0.450 e. The Hall–Kier alpha value is -3.65. The maximum atomic E-state index is 13.6. The SMILES string of the molecule is O=C(Cc1ccccc1)Nc1ccc(-n2c(C(F)(F)F)nc3cc(CO)ccc32)cc1. The molecule has 31 heavy (non-hydrogen) atoms. The highest BCUT2D eigenvalue weighted by Crippen LogP contribution is 2.34. The van der Waals surface area contributed by atoms with E-state index in [0.717, 1.165) is 10.1 Å². The quantitative estimate of drug-likeness (QED) is 0.486. The van der Waals surface area contributed by atoms with Gasteiger partial charge in [-0.1, -0.05) is 36.4 Å². The Kier molecular flexibility index (Phi) is 5.48. The Morgan fingerprint density at radius 2 is 1.68 bits per heavy atom. The van der Waals surface area contributed by atoms with Crippen LogP contribution in [0.1, 0.15) is 17.0 Å². The molecule has 0 aliphatic rings. The van der Waals surface area contributed by atoms with Gasteiger partial charge in [-0.25, -0.2) is 4.98 Å². The number of imidazole rings is 1. The first kappa shape index (κ1) is 20.6. The lowest BCUT2D eigenvalue weighted by molar-refractivity contribution is -0.145. The summed E-state index contributed by atoms with van der Waals surface area (Å²) in [5, 5.41) is 12.0. The van der Waals surface area contributed by atoms with Crippen molar-refractivity contribution in [3.63, 3.8) is 0 Å². The molecule has 0 bridgehead atoms. The van der Waals surface area contributed by atoms with E-state index in [4.69, 9.17) is 0 Å². The minimum Gasteiger partial charge on any atom is -0.392 e. The highest BCUT2D eigenvalue weighted by atomic mass is 19.4. The third-order valence-corrected chi connectivity index (χ3v) is 4.77. The van der Waals surface area contributed by atoms with Gasteiger partial charge in [-0.2, -0.15) is 13.2 Å². The van der Waals surface area contributed by atoms with Crippen LogP contribution in [0.25, 0.3) is 16.7 Å². The average Bonchev–Trinajstić information content (AvgIpc) is 3.14. The number of anilines is 1. The number of fused-ring (bicyclic) bond motifs is 1. The number of carbonyl (C=O) groups excluding carboxylic acids is 1. The summed E-state index contributed by atoms with van der Waals surface area (Å²) in [6, 6.07) is 19.8. The van der Waals surface area contributed by atoms with E-state index in [1.807, 2.05) is 30.3 Å². The number of rotatable bonds is 5. The van der Waals surface area contributed by atoms with E-state index in [1.165, 1.54) is 24.3 Å². The summed E-state index contributed by atoms with van der Waals surface area (Å²) in [4.78, 5) is 16.0. The fraction of sp³-hybridized carbons (Fsp3) is 0.130. The summed E-state index contributed by atoms with van der Waals surface area (Å²) >= 11 is 0. The number of nitrogens with one attached hydrogen (secondary N) is 1. The largest absolute Gasteiger partial charge is 0.450 e. The molecule has 5 nitrogen and oxygen atoms in total. The standard InChI is InChI=1S/C23H18F3N3O2/c24-23(25,26)22-28-19-12-16(14-30)6-11-20(19)29(22)18-9-7-17(8-10-18)27-21(31)13-15-4-2-1-3-5-15/h1-12,30H,13-14H2,(H,27,31). The lowest BCUT2D eigenvalue weighted by Gasteiger charge is -2.12. The van der Waals surface area contributed by atoms with Crippen molar-refractivity contribution < 1.29 is 23.1 Å². The van der Waals surface area contributed by atoms with E-state index in [-0.39, 0.29) is 35.7 Å². The molecule has 0 spiro atoms. The van der Waals surface area contributed by atoms with Crippen molar-refractivity contribution in [3.05, 3.63) is 89.7 Å². The summed E-state index contributed by atoms with van der Waals surface area (Å²) in [6.45, 7) is -0.290. The number of benzene rings is 3. The molecule has 3 aromatic carbocycles. The van der Waals surface area contributed by atoms with Crippen LogP contribution in [0.3, 0.4) is 0 Å². The molecule has 0 aliphatic carbocycles. The van der Waals surface area contributed by atoms with Crippen LogP contribution in [-0.2, 0) is 24.0 Å². The highest BCUT2D eigenvalue weighted by Gasteiger charge is 2.38. The molecular weight excluding hydrogens is 407 g/mol. The lowest BCUT2D eigenvalue weighted by Crippen LogP contribution is -2.15. The van der Waals surface area contributed by atoms with Gasteiger partial charge in [-0.15, -0.1) is 0 Å². The topological polar surface area (TPSA) is 67.2 Å². The molecule has 1 amide bonds. The predicted octanol–water partition coefficient (Wildman–Crippen LogP) is 4.72. The number of hydrogen-bond donors (Lipinski definition) is 2. The number of aliphatic hydroxyl groups is 1. The Labute approximate surface area is 175 Å². The number of amides is 1. The number of alkyl halides is 3. The van der Waals surface area contributed by atoms with E-state index in [0.29, 0.717) is 11.3 Å². The van der Waals surface area contributed by atoms with Crippen LogP contribution in [0.5, 0.6) is 0 Å². The van der Waals surface area contributed by atoms with E-state index in [2.05, 4.69) is 10.3 Å². The Balaban J connectivity index is 1.63. The first-order valence-electron chi connectivity index (χ1n) is 9.49. The van der Waals surface area contributed by atoms with Gasteiger partial charge in [0.1, 0.15) is 0 Å². The molecule has 4 rings (SSSR count). The molecule has 0 radical (unpaired) electrons. The van der Waals surface area contributed by atoms with Gasteiger partial charge in [0.2, 0.25) is 11.7 Å². The van der Waals surface area contributed by atoms with E-state index in [1.54, 1.807) is 18.2 Å². The van der Waals surface area contributed by atoms with E-state index in [9.17, 15) is 23.1 Å². The number of aliphatic hydroxyl groups excluding tert-OH is 1. The summed E-state index contributed by atoms with van der Waals surface area (Å²) in [6.07, 6.45) is -4.47. The molecule has 158 valence electrons. The first-order valence-corrected chi connectivity index (χ1v) is 9.49. The molecule has 1 aromatic heterocycles. The number of hydrogen-bond acceptors (Lipinski definition) is 3. The zero-order valence-corrected chi connectivity index (χ0v) is 16.2. The molecular formula is C23H18F3N3O2. The van der Waals surface area contributed by atoms with Crippen molar-refractivity contribution in [2.75, 3.05) is 5.32 Å². The molecule has 8 heteroatoms. The predicted molar refractivity (Wildman–Crippen MR) is 111 cm³/mol. The molecule has 4 aromatic rings. The van der Waals surface area contributed by atoms with Crippen LogP contribution >= 0.6 is 0 Å². The van der Waals surface area contributed by atoms with Gasteiger partial charge in [0.15, 0.2) is 0 Å². The van der Waals surface area contributed by atoms with Gasteiger partial charge in [-0.05, 0) is 47.5 Å². The summed E-state index contributed by atoms with van der Waals surface area (Å²) in [5.74, 6) is -1.28. The molecule has 2 N–H and O–H groups in total. The second-order valence-corrected chi connectivity index (χ2v) is 7.01. The van der Waals surface area contributed by atoms with Crippen molar-refractivity contribution in [1.29, 1.82) is 0 Å². The van der Waals surface area contributed by atoms with Gasteiger partial charge >= 0.3 is 6.18 Å². The third-order valence-electron chi connectivity index (χ3n) is 4.77. The van der Waals surface area contributed by atoms with Crippen LogP contribution in [0.4, 0.5) is 18.9 Å². The summed E-state index contributed by atoms with van der Waals surface area (Å²) in [7, 11) is 0. The van der Waals surface area contributed by atoms with Gasteiger partial charge in [0, 0.05) is 11.4 Å². The highest BCUT2D eigenvalue weighted by molar-refractivity contribution is 5.92. The summed E-state index contributed by atoms with van der Waals surface area (Å²) in [5.41, 5.74) is 2.48. The lowest BCUT2D eigenvalue weighted by atomic mass is 10.1. The van der Waals surface area contributed by atoms with Gasteiger partial charge in [0.05, 0.1) is 24.1 Å². The van der Waals surface area contributed by atoms with E-state index >= 15 is 0 Å². The summed E-state index contributed by atoms with van der Waals surface area (Å²) < 4.78 is 41.9. The van der Waals surface area contributed by atoms with Crippen molar-refractivity contribution in [3.8, 4) is 5.69 Å². The van der Waals surface area contributed by atoms with Gasteiger partial charge in [0.25, 0.3) is 0 Å². The van der Waals surface area contributed by atoms with Crippen LogP contribution in [0.15, 0.2) is 72.8 Å². The Morgan fingerprint density at radius 1 is 0.968 bits per heavy atom. The zero-order valence-electron chi connectivity index (χ0n) is 16.2. The van der Waals surface area contributed by atoms with Crippen LogP contribution < -0.4 is 5.32 Å². The van der Waals surface area contributed by atoms with Crippen LogP contribution in [-0.4, -0.2) is 20.6 Å². The monoisotopic (exact) mass is 425 g/mol. The smallest absolute Gasteiger partial charge is 0.392 e. The van der Waals surface area contributed by atoms with Crippen molar-refractivity contribution in [1.82, 2.24) is 9.55 Å². The number of aromatic nitrogens is 2. The van der Waals surface area contributed by atoms with Crippen LogP contribution in [0.2, 0.25) is 0 Å². The maximum absolute atomic E-state index is 13.6. The average molecular weight is 425 g/mol. The van der Waals surface area contributed by atoms with Gasteiger partial charge < -0.3 is 10.4 Å². The second kappa shape index (κ2) is 8.23. The molecule has 0 unspecified atom stereocenters. The molecule has 1 heterocycles. The molecule has 0 aliphatic heterocycles. The number of halogens is 3. The third kappa shape index (κ3) is 4.44. The Bertz CT molecular complexity index is 1220. The van der Waals surface area contributed by atoms with Crippen molar-refractivity contribution in [2.45, 2.75) is 19.2 Å². The molecule has 0 saturated carbocycles. The fourth-order valence-corrected chi connectivity index (χ4v) is 3.36. The van der Waals surface area contributed by atoms with Crippen molar-refractivity contribution >= 4 is 22.6 Å². The van der Waals surface area contributed by atoms with Crippen molar-refractivity contribution in [2.24, 2.45) is 0 Å². The Morgan fingerprint density at radius 3 is 2.32 bits per heavy atom. The molecule has 0 saturated heterocycles. The number of carbonyl (C=O) groups is 1.